The Kier molecular flexibility index (Phi) is 13.7. The first-order valence-electron chi connectivity index (χ1n) is 14.6. The maximum Gasteiger partial charge on any atom is 0.325 e. The topological polar surface area (TPSA) is 169 Å². The molecule has 0 spiro atoms. The Hall–Kier alpha value is -3.67. The van der Waals surface area contributed by atoms with E-state index in [1.807, 2.05) is 30.3 Å². The number of aliphatic hydroxyl groups is 1. The number of hydrogen-bond acceptors (Lipinski definition) is 8. The Labute approximate surface area is 256 Å². The highest BCUT2D eigenvalue weighted by molar-refractivity contribution is 6.33. The molecule has 0 bridgehead atoms. The number of nitrogen functional groups attached to an aromatic ring is 1. The fourth-order valence-electron chi connectivity index (χ4n) is 4.95. The molecule has 3 rings (SSSR count). The number of ether oxygens (including phenoxy) is 2. The van der Waals surface area contributed by atoms with Gasteiger partial charge in [-0.15, -0.1) is 0 Å². The van der Waals surface area contributed by atoms with Gasteiger partial charge in [-0.3, -0.25) is 19.2 Å². The predicted octanol–water partition coefficient (Wildman–Crippen LogP) is 2.73. The predicted molar refractivity (Wildman–Crippen MR) is 162 cm³/mol. The second-order valence-corrected chi connectivity index (χ2v) is 11.0. The molecular formula is C31H41ClN4O7. The molecule has 2 aromatic carbocycles. The number of anilines is 1. The van der Waals surface area contributed by atoms with Crippen molar-refractivity contribution < 1.29 is 33.8 Å². The molecule has 3 atom stereocenters. The molecule has 0 radical (unpaired) electrons. The van der Waals surface area contributed by atoms with Crippen LogP contribution in [0, 0.1) is 5.92 Å². The highest BCUT2D eigenvalue weighted by atomic mass is 35.5. The second-order valence-electron chi connectivity index (χ2n) is 10.6. The Bertz CT molecular complexity index is 1220. The maximum atomic E-state index is 13.7. The summed E-state index contributed by atoms with van der Waals surface area (Å²) in [5.74, 6) is -2.42. The van der Waals surface area contributed by atoms with Crippen LogP contribution in [-0.4, -0.2) is 66.7 Å². The number of esters is 1. The van der Waals surface area contributed by atoms with E-state index in [0.717, 1.165) is 37.7 Å². The maximum absolute atomic E-state index is 13.7. The molecule has 43 heavy (non-hydrogen) atoms. The van der Waals surface area contributed by atoms with Gasteiger partial charge in [-0.25, -0.2) is 0 Å². The van der Waals surface area contributed by atoms with E-state index in [-0.39, 0.29) is 37.0 Å². The van der Waals surface area contributed by atoms with Gasteiger partial charge in [-0.2, -0.15) is 0 Å². The zero-order valence-electron chi connectivity index (χ0n) is 24.4. The zero-order valence-corrected chi connectivity index (χ0v) is 25.1. The normalized spacial score (nSPS) is 15.5. The zero-order chi connectivity index (χ0) is 31.2. The third kappa shape index (κ3) is 11.2. The van der Waals surface area contributed by atoms with E-state index in [9.17, 15) is 24.3 Å². The van der Waals surface area contributed by atoms with Crippen molar-refractivity contribution >= 4 is 41.0 Å². The van der Waals surface area contributed by atoms with Crippen LogP contribution in [-0.2, 0) is 30.5 Å². The van der Waals surface area contributed by atoms with E-state index < -0.39 is 48.4 Å². The smallest absolute Gasteiger partial charge is 0.325 e. The minimum Gasteiger partial charge on any atom is -0.465 e. The monoisotopic (exact) mass is 616 g/mol. The van der Waals surface area contributed by atoms with Gasteiger partial charge in [0.15, 0.2) is 6.10 Å². The van der Waals surface area contributed by atoms with Crippen LogP contribution in [0.1, 0.15) is 61.4 Å². The molecular weight excluding hydrogens is 576 g/mol. The highest BCUT2D eigenvalue weighted by Crippen LogP contribution is 2.28. The number of nitrogens with two attached hydrogens (primary N) is 1. The summed E-state index contributed by atoms with van der Waals surface area (Å²) in [6.07, 6.45) is 3.68. The average molecular weight is 617 g/mol. The fourth-order valence-corrected chi connectivity index (χ4v) is 5.06. The Morgan fingerprint density at radius 3 is 2.42 bits per heavy atom. The van der Waals surface area contributed by atoms with Crippen molar-refractivity contribution in [2.24, 2.45) is 5.92 Å². The van der Waals surface area contributed by atoms with Gasteiger partial charge in [0.05, 0.1) is 36.6 Å². The molecule has 1 unspecified atom stereocenters. The van der Waals surface area contributed by atoms with Gasteiger partial charge in [0, 0.05) is 5.56 Å². The lowest BCUT2D eigenvalue weighted by atomic mass is 9.84. The first-order valence-corrected chi connectivity index (χ1v) is 14.9. The van der Waals surface area contributed by atoms with Crippen LogP contribution >= 0.6 is 11.6 Å². The SMILES string of the molecule is CCOC(=O)CNC(=O)C(O)[C@H](COCc1ccccc1)NC(=O)[C@H](CC1CCCCC1)NC(=O)c1ccc(Cl)c(N)c1. The van der Waals surface area contributed by atoms with Gasteiger partial charge in [0.1, 0.15) is 12.6 Å². The molecule has 234 valence electrons. The molecule has 0 saturated heterocycles. The minimum absolute atomic E-state index is 0.139. The summed E-state index contributed by atoms with van der Waals surface area (Å²) in [7, 11) is 0. The number of halogens is 1. The minimum atomic E-state index is -1.75. The number of carbonyl (C=O) groups excluding carboxylic acids is 4. The molecule has 6 N–H and O–H groups in total. The van der Waals surface area contributed by atoms with Crippen molar-refractivity contribution in [1.82, 2.24) is 16.0 Å². The summed E-state index contributed by atoms with van der Waals surface area (Å²) in [6.45, 7) is 1.28. The molecule has 1 aliphatic rings. The largest absolute Gasteiger partial charge is 0.465 e. The molecule has 0 aromatic heterocycles. The molecule has 0 heterocycles. The first-order chi connectivity index (χ1) is 20.7. The van der Waals surface area contributed by atoms with Crippen molar-refractivity contribution in [2.75, 3.05) is 25.5 Å². The highest BCUT2D eigenvalue weighted by Gasteiger charge is 2.33. The number of hydrogen-bond donors (Lipinski definition) is 5. The van der Waals surface area contributed by atoms with Crippen LogP contribution in [0.15, 0.2) is 48.5 Å². The summed E-state index contributed by atoms with van der Waals surface area (Å²) < 4.78 is 10.6. The first kappa shape index (κ1) is 33.8. The molecule has 1 aliphatic carbocycles. The Balaban J connectivity index is 1.75. The van der Waals surface area contributed by atoms with E-state index in [4.69, 9.17) is 26.8 Å². The number of rotatable bonds is 15. The van der Waals surface area contributed by atoms with E-state index in [1.165, 1.54) is 18.2 Å². The Morgan fingerprint density at radius 1 is 1.02 bits per heavy atom. The van der Waals surface area contributed by atoms with Crippen molar-refractivity contribution in [3.63, 3.8) is 0 Å². The number of aliphatic hydroxyl groups excluding tert-OH is 1. The summed E-state index contributed by atoms with van der Waals surface area (Å²) in [5.41, 5.74) is 7.21. The van der Waals surface area contributed by atoms with Gasteiger partial charge in [0.2, 0.25) is 5.91 Å². The molecule has 1 fully saturated rings. The van der Waals surface area contributed by atoms with Crippen LogP contribution in [0.3, 0.4) is 0 Å². The molecule has 0 aliphatic heterocycles. The number of amides is 3. The lowest BCUT2D eigenvalue weighted by Gasteiger charge is -2.29. The molecule has 3 amide bonds. The average Bonchev–Trinajstić information content (AvgIpc) is 3.01. The lowest BCUT2D eigenvalue weighted by Crippen LogP contribution is -2.57. The van der Waals surface area contributed by atoms with Crippen molar-refractivity contribution in [1.29, 1.82) is 0 Å². The Morgan fingerprint density at radius 2 is 1.74 bits per heavy atom. The van der Waals surface area contributed by atoms with Crippen molar-refractivity contribution in [3.05, 3.63) is 64.7 Å². The van der Waals surface area contributed by atoms with E-state index in [1.54, 1.807) is 6.92 Å². The summed E-state index contributed by atoms with van der Waals surface area (Å²) in [6, 6.07) is 11.6. The molecule has 2 aromatic rings. The van der Waals surface area contributed by atoms with Crippen LogP contribution in [0.4, 0.5) is 5.69 Å². The third-order valence-electron chi connectivity index (χ3n) is 7.27. The number of benzene rings is 2. The molecule has 11 nitrogen and oxygen atoms in total. The van der Waals surface area contributed by atoms with Crippen molar-refractivity contribution in [2.45, 2.75) is 70.2 Å². The fraction of sp³-hybridized carbons (Fsp3) is 0.484. The van der Waals surface area contributed by atoms with Crippen molar-refractivity contribution in [3.8, 4) is 0 Å². The number of carbonyl (C=O) groups is 4. The third-order valence-corrected chi connectivity index (χ3v) is 7.62. The van der Waals surface area contributed by atoms with Gasteiger partial charge in [-0.05, 0) is 43.0 Å². The van der Waals surface area contributed by atoms with Gasteiger partial charge >= 0.3 is 5.97 Å². The van der Waals surface area contributed by atoms with Crippen LogP contribution in [0.2, 0.25) is 5.02 Å². The summed E-state index contributed by atoms with van der Waals surface area (Å²) >= 11 is 6.00. The standard InChI is InChI=1S/C31H41ClN4O7/c1-2-43-27(37)17-34-31(41)28(38)26(19-42-18-21-11-7-4-8-12-21)36-30(40)25(15-20-9-5-3-6-10-20)35-29(39)22-13-14-23(32)24(33)16-22/h4,7-8,11-14,16,20,25-26,28,38H,2-3,5-6,9-10,15,17-19,33H2,1H3,(H,34,41)(H,35,39)(H,36,40)/t25-,26-,28?/m0/s1. The van der Waals surface area contributed by atoms with E-state index in [0.29, 0.717) is 11.4 Å². The number of nitrogens with one attached hydrogen (secondary N) is 3. The van der Waals surface area contributed by atoms with Crippen LogP contribution < -0.4 is 21.7 Å². The van der Waals surface area contributed by atoms with Gasteiger partial charge < -0.3 is 36.3 Å². The van der Waals surface area contributed by atoms with Crippen LogP contribution in [0.5, 0.6) is 0 Å². The van der Waals surface area contributed by atoms with Crippen LogP contribution in [0.25, 0.3) is 0 Å². The molecule has 1 saturated carbocycles. The quantitative estimate of drug-likeness (QED) is 0.150. The van der Waals surface area contributed by atoms with E-state index >= 15 is 0 Å². The summed E-state index contributed by atoms with van der Waals surface area (Å²) in [5, 5.41) is 19.1. The van der Waals surface area contributed by atoms with E-state index in [2.05, 4.69) is 16.0 Å². The molecule has 12 heteroatoms. The summed E-state index contributed by atoms with van der Waals surface area (Å²) in [4.78, 5) is 51.3. The lowest BCUT2D eigenvalue weighted by molar-refractivity contribution is -0.145. The van der Waals surface area contributed by atoms with Gasteiger partial charge in [0.25, 0.3) is 11.8 Å². The second kappa shape index (κ2) is 17.4. The van der Waals surface area contributed by atoms with Gasteiger partial charge in [-0.1, -0.05) is 74.0 Å².